The number of amides is 1. The van der Waals surface area contributed by atoms with E-state index in [4.69, 9.17) is 4.74 Å². The van der Waals surface area contributed by atoms with Crippen molar-refractivity contribution in [1.29, 1.82) is 0 Å². The van der Waals surface area contributed by atoms with Gasteiger partial charge in [-0.15, -0.1) is 0 Å². The molecule has 0 radical (unpaired) electrons. The van der Waals surface area contributed by atoms with Gasteiger partial charge in [0.05, 0.1) is 19.3 Å². The highest BCUT2D eigenvalue weighted by molar-refractivity contribution is 5.73. The molecule has 1 aliphatic carbocycles. The number of fused-ring (bicyclic) bond motifs is 1. The van der Waals surface area contributed by atoms with E-state index in [0.29, 0.717) is 37.0 Å². The molecule has 4 atom stereocenters. The first-order valence-electron chi connectivity index (χ1n) is 8.57. The number of hydrogen-bond donors (Lipinski definition) is 2. The molecule has 1 saturated carbocycles. The molecule has 1 aliphatic heterocycles. The standard InChI is InChI=1S/C18H24F2N2O3/c1-10(23)21-15-5-11-7-22(8-12(11)6-16(15)24)9-13-17(25-2)4-3-14(19)18(13)20/h3-4,11-12,15-16,24H,5-9H2,1-2H3,(H,21,23)/t11-,12+,15-,16-/m1/s1. The summed E-state index contributed by atoms with van der Waals surface area (Å²) in [5.41, 5.74) is 0.222. The van der Waals surface area contributed by atoms with Crippen molar-refractivity contribution in [3.63, 3.8) is 0 Å². The minimum atomic E-state index is -0.881. The lowest BCUT2D eigenvalue weighted by Crippen LogP contribution is -2.48. The third kappa shape index (κ3) is 3.77. The number of nitrogens with one attached hydrogen (secondary N) is 1. The molecule has 5 nitrogen and oxygen atoms in total. The van der Waals surface area contributed by atoms with Crippen molar-refractivity contribution < 1.29 is 23.4 Å². The topological polar surface area (TPSA) is 61.8 Å². The third-order valence-corrected chi connectivity index (χ3v) is 5.36. The van der Waals surface area contributed by atoms with E-state index in [1.165, 1.54) is 20.1 Å². The van der Waals surface area contributed by atoms with Gasteiger partial charge in [-0.05, 0) is 36.8 Å². The second kappa shape index (κ2) is 7.25. The van der Waals surface area contributed by atoms with Crippen LogP contribution < -0.4 is 10.1 Å². The number of halogens is 2. The lowest BCUT2D eigenvalue weighted by atomic mass is 9.77. The molecule has 1 heterocycles. The lowest BCUT2D eigenvalue weighted by Gasteiger charge is -2.35. The second-order valence-electron chi connectivity index (χ2n) is 7.10. The lowest BCUT2D eigenvalue weighted by molar-refractivity contribution is -0.121. The van der Waals surface area contributed by atoms with E-state index in [9.17, 15) is 18.7 Å². The summed E-state index contributed by atoms with van der Waals surface area (Å²) < 4.78 is 32.9. The van der Waals surface area contributed by atoms with Crippen LogP contribution in [0.2, 0.25) is 0 Å². The van der Waals surface area contributed by atoms with Crippen LogP contribution in [0.3, 0.4) is 0 Å². The van der Waals surface area contributed by atoms with Gasteiger partial charge in [0.2, 0.25) is 5.91 Å². The van der Waals surface area contributed by atoms with E-state index >= 15 is 0 Å². The van der Waals surface area contributed by atoms with E-state index in [2.05, 4.69) is 10.2 Å². The van der Waals surface area contributed by atoms with Gasteiger partial charge < -0.3 is 15.2 Å². The fourth-order valence-electron chi connectivity index (χ4n) is 4.21. The summed E-state index contributed by atoms with van der Waals surface area (Å²) in [6, 6.07) is 2.27. The Morgan fingerprint density at radius 2 is 2.00 bits per heavy atom. The molecule has 2 fully saturated rings. The highest BCUT2D eigenvalue weighted by Crippen LogP contribution is 2.38. The van der Waals surface area contributed by atoms with Crippen molar-refractivity contribution in [2.24, 2.45) is 11.8 Å². The van der Waals surface area contributed by atoms with E-state index in [1.807, 2.05) is 0 Å². The molecule has 0 bridgehead atoms. The van der Waals surface area contributed by atoms with Crippen molar-refractivity contribution in [1.82, 2.24) is 10.2 Å². The predicted molar refractivity (Wildman–Crippen MR) is 88.0 cm³/mol. The number of benzene rings is 1. The zero-order valence-corrected chi connectivity index (χ0v) is 14.5. The first kappa shape index (κ1) is 18.1. The maximum atomic E-state index is 14.2. The first-order valence-corrected chi connectivity index (χ1v) is 8.57. The van der Waals surface area contributed by atoms with Crippen LogP contribution in [0.5, 0.6) is 5.75 Å². The largest absolute Gasteiger partial charge is 0.496 e. The SMILES string of the molecule is COc1ccc(F)c(F)c1CN1C[C@H]2C[C@@H](NC(C)=O)[C@H](O)C[C@H]2C1. The molecule has 3 rings (SSSR count). The molecule has 0 aromatic heterocycles. The minimum Gasteiger partial charge on any atom is -0.496 e. The number of rotatable bonds is 4. The number of nitrogens with zero attached hydrogens (tertiary/aromatic N) is 1. The summed E-state index contributed by atoms with van der Waals surface area (Å²) in [6.45, 7) is 3.15. The van der Waals surface area contributed by atoms with Gasteiger partial charge in [-0.1, -0.05) is 0 Å². The fourth-order valence-corrected chi connectivity index (χ4v) is 4.21. The molecule has 1 aromatic carbocycles. The maximum absolute atomic E-state index is 14.2. The van der Waals surface area contributed by atoms with Gasteiger partial charge in [-0.25, -0.2) is 8.78 Å². The van der Waals surface area contributed by atoms with Gasteiger partial charge in [0.15, 0.2) is 11.6 Å². The number of carbonyl (C=O) groups is 1. The quantitative estimate of drug-likeness (QED) is 0.864. The Balaban J connectivity index is 1.70. The Kier molecular flexibility index (Phi) is 5.24. The summed E-state index contributed by atoms with van der Waals surface area (Å²) in [7, 11) is 1.44. The monoisotopic (exact) mass is 354 g/mol. The molecule has 0 spiro atoms. The van der Waals surface area contributed by atoms with Gasteiger partial charge in [0.1, 0.15) is 5.75 Å². The molecule has 7 heteroatoms. The van der Waals surface area contributed by atoms with Gasteiger partial charge in [-0.3, -0.25) is 9.69 Å². The van der Waals surface area contributed by atoms with Crippen LogP contribution >= 0.6 is 0 Å². The van der Waals surface area contributed by atoms with Crippen molar-refractivity contribution in [2.45, 2.75) is 38.5 Å². The summed E-state index contributed by atoms with van der Waals surface area (Å²) in [5, 5.41) is 13.0. The molecule has 2 aliphatic rings. The van der Waals surface area contributed by atoms with E-state index in [0.717, 1.165) is 12.6 Å². The van der Waals surface area contributed by atoms with E-state index < -0.39 is 17.7 Å². The minimum absolute atomic E-state index is 0.149. The van der Waals surface area contributed by atoms with Crippen molar-refractivity contribution in [3.8, 4) is 5.75 Å². The van der Waals surface area contributed by atoms with Crippen LogP contribution in [0.1, 0.15) is 25.3 Å². The van der Waals surface area contributed by atoms with Gasteiger partial charge in [-0.2, -0.15) is 0 Å². The van der Waals surface area contributed by atoms with E-state index in [-0.39, 0.29) is 24.1 Å². The van der Waals surface area contributed by atoms with Crippen molar-refractivity contribution in [3.05, 3.63) is 29.3 Å². The zero-order valence-electron chi connectivity index (χ0n) is 14.5. The van der Waals surface area contributed by atoms with Crippen LogP contribution in [0.15, 0.2) is 12.1 Å². The van der Waals surface area contributed by atoms with Crippen molar-refractivity contribution >= 4 is 5.91 Å². The molecule has 138 valence electrons. The molecular formula is C18H24F2N2O3. The summed E-state index contributed by atoms with van der Waals surface area (Å²) in [5.74, 6) is -0.946. The Morgan fingerprint density at radius 3 is 2.64 bits per heavy atom. The first-order chi connectivity index (χ1) is 11.9. The number of carbonyl (C=O) groups excluding carboxylic acids is 1. The third-order valence-electron chi connectivity index (χ3n) is 5.36. The number of aliphatic hydroxyl groups is 1. The average Bonchev–Trinajstić information content (AvgIpc) is 2.93. The Labute approximate surface area is 146 Å². The summed E-state index contributed by atoms with van der Waals surface area (Å²) in [6.07, 6.45) is 0.741. The maximum Gasteiger partial charge on any atom is 0.217 e. The predicted octanol–water partition coefficient (Wildman–Crippen LogP) is 1.68. The molecule has 0 unspecified atom stereocenters. The van der Waals surface area contributed by atoms with Crippen molar-refractivity contribution in [2.75, 3.05) is 20.2 Å². The van der Waals surface area contributed by atoms with Crippen LogP contribution in [-0.4, -0.2) is 48.3 Å². The summed E-state index contributed by atoms with van der Waals surface area (Å²) in [4.78, 5) is 13.3. The van der Waals surface area contributed by atoms with E-state index in [1.54, 1.807) is 0 Å². The molecule has 1 amide bonds. The zero-order chi connectivity index (χ0) is 18.1. The van der Waals surface area contributed by atoms with Gasteiger partial charge in [0.25, 0.3) is 0 Å². The molecule has 25 heavy (non-hydrogen) atoms. The Bertz CT molecular complexity index is 655. The Hall–Kier alpha value is -1.73. The van der Waals surface area contributed by atoms with Crippen LogP contribution in [0.4, 0.5) is 8.78 Å². The summed E-state index contributed by atoms with van der Waals surface area (Å²) >= 11 is 0. The average molecular weight is 354 g/mol. The smallest absolute Gasteiger partial charge is 0.217 e. The van der Waals surface area contributed by atoms with Crippen LogP contribution in [0.25, 0.3) is 0 Å². The Morgan fingerprint density at radius 1 is 1.32 bits per heavy atom. The van der Waals surface area contributed by atoms with Crippen LogP contribution in [-0.2, 0) is 11.3 Å². The normalized spacial score (nSPS) is 29.3. The highest BCUT2D eigenvalue weighted by atomic mass is 19.2. The number of aliphatic hydroxyl groups excluding tert-OH is 1. The molecular weight excluding hydrogens is 330 g/mol. The molecule has 1 aromatic rings. The molecule has 2 N–H and O–H groups in total. The van der Waals surface area contributed by atoms with Crippen LogP contribution in [0, 0.1) is 23.5 Å². The second-order valence-corrected chi connectivity index (χ2v) is 7.10. The number of ether oxygens (including phenoxy) is 1. The number of methoxy groups -OCH3 is 1. The van der Waals surface area contributed by atoms with Gasteiger partial charge >= 0.3 is 0 Å². The number of likely N-dealkylation sites (tertiary alicyclic amines) is 1. The number of hydrogen-bond acceptors (Lipinski definition) is 4. The molecule has 1 saturated heterocycles. The fraction of sp³-hybridized carbons (Fsp3) is 0.611. The van der Waals surface area contributed by atoms with Gasteiger partial charge in [0, 0.05) is 32.1 Å². The highest BCUT2D eigenvalue weighted by Gasteiger charge is 2.42.